The maximum absolute atomic E-state index is 11.6. The standard InChI is InChI=1S/C12H13NO2S2/c1-3-8(12(14)15-2)9-7-17-11(13-9)10-5-4-6-16-10/h4-8H,3H2,1-2H3. The number of aromatic nitrogens is 1. The number of ether oxygens (including phenoxy) is 1. The Morgan fingerprint density at radius 1 is 1.53 bits per heavy atom. The van der Waals surface area contributed by atoms with Crippen molar-refractivity contribution in [1.82, 2.24) is 4.98 Å². The van der Waals surface area contributed by atoms with Gasteiger partial charge in [-0.1, -0.05) is 13.0 Å². The molecule has 0 radical (unpaired) electrons. The summed E-state index contributed by atoms with van der Waals surface area (Å²) >= 11 is 3.22. The van der Waals surface area contributed by atoms with Gasteiger partial charge in [0.25, 0.3) is 0 Å². The molecule has 0 aromatic carbocycles. The predicted octanol–water partition coefficient (Wildman–Crippen LogP) is 3.54. The average Bonchev–Trinajstić information content (AvgIpc) is 2.99. The third kappa shape index (κ3) is 2.56. The van der Waals surface area contributed by atoms with Crippen LogP contribution in [0.15, 0.2) is 22.9 Å². The van der Waals surface area contributed by atoms with E-state index in [4.69, 9.17) is 4.74 Å². The zero-order valence-electron chi connectivity index (χ0n) is 9.67. The molecule has 0 saturated heterocycles. The molecular formula is C12H13NO2S2. The van der Waals surface area contributed by atoms with Gasteiger partial charge in [-0.3, -0.25) is 4.79 Å². The molecule has 0 N–H and O–H groups in total. The van der Waals surface area contributed by atoms with Crippen molar-refractivity contribution >= 4 is 28.6 Å². The quantitative estimate of drug-likeness (QED) is 0.795. The lowest BCUT2D eigenvalue weighted by molar-refractivity contribution is -0.142. The fourth-order valence-electron chi connectivity index (χ4n) is 1.60. The van der Waals surface area contributed by atoms with Crippen LogP contribution in [0.25, 0.3) is 9.88 Å². The number of nitrogens with zero attached hydrogens (tertiary/aromatic N) is 1. The van der Waals surface area contributed by atoms with Crippen LogP contribution in [-0.4, -0.2) is 18.1 Å². The van der Waals surface area contributed by atoms with E-state index in [9.17, 15) is 4.79 Å². The minimum atomic E-state index is -0.245. The van der Waals surface area contributed by atoms with Gasteiger partial charge in [-0.15, -0.1) is 22.7 Å². The van der Waals surface area contributed by atoms with Crippen LogP contribution in [0.5, 0.6) is 0 Å². The molecule has 0 saturated carbocycles. The molecule has 0 bridgehead atoms. The highest BCUT2D eigenvalue weighted by Gasteiger charge is 2.22. The molecule has 2 aromatic heterocycles. The molecule has 0 spiro atoms. The van der Waals surface area contributed by atoms with E-state index in [1.165, 1.54) is 7.11 Å². The summed E-state index contributed by atoms with van der Waals surface area (Å²) in [5, 5.41) is 4.94. The summed E-state index contributed by atoms with van der Waals surface area (Å²) in [5.41, 5.74) is 0.813. The number of hydrogen-bond acceptors (Lipinski definition) is 5. The molecule has 1 atom stereocenters. The smallest absolute Gasteiger partial charge is 0.314 e. The molecule has 2 rings (SSSR count). The van der Waals surface area contributed by atoms with E-state index in [0.717, 1.165) is 15.6 Å². The molecule has 2 aromatic rings. The van der Waals surface area contributed by atoms with Crippen molar-refractivity contribution in [3.63, 3.8) is 0 Å². The molecule has 0 aliphatic carbocycles. The Balaban J connectivity index is 2.25. The van der Waals surface area contributed by atoms with E-state index in [1.807, 2.05) is 29.8 Å². The topological polar surface area (TPSA) is 39.2 Å². The van der Waals surface area contributed by atoms with Gasteiger partial charge in [-0.2, -0.15) is 0 Å². The van der Waals surface area contributed by atoms with Crippen molar-refractivity contribution in [2.45, 2.75) is 19.3 Å². The van der Waals surface area contributed by atoms with Crippen LogP contribution >= 0.6 is 22.7 Å². The zero-order valence-corrected chi connectivity index (χ0v) is 11.3. The highest BCUT2D eigenvalue weighted by atomic mass is 32.1. The first kappa shape index (κ1) is 12.3. The first-order valence-electron chi connectivity index (χ1n) is 5.33. The maximum Gasteiger partial charge on any atom is 0.314 e. The van der Waals surface area contributed by atoms with E-state index in [1.54, 1.807) is 22.7 Å². The third-order valence-electron chi connectivity index (χ3n) is 2.50. The molecule has 5 heteroatoms. The molecule has 0 aliphatic rings. The summed E-state index contributed by atoms with van der Waals surface area (Å²) in [6.07, 6.45) is 0.709. The predicted molar refractivity (Wildman–Crippen MR) is 70.5 cm³/mol. The minimum absolute atomic E-state index is 0.212. The maximum atomic E-state index is 11.6. The van der Waals surface area contributed by atoms with Crippen LogP contribution in [-0.2, 0) is 9.53 Å². The van der Waals surface area contributed by atoms with Gasteiger partial charge in [0.1, 0.15) is 5.01 Å². The number of methoxy groups -OCH3 is 1. The van der Waals surface area contributed by atoms with E-state index < -0.39 is 0 Å². The lowest BCUT2D eigenvalue weighted by Gasteiger charge is -2.08. The fraction of sp³-hybridized carbons (Fsp3) is 0.333. The number of rotatable bonds is 4. The Morgan fingerprint density at radius 2 is 2.35 bits per heavy atom. The van der Waals surface area contributed by atoms with Gasteiger partial charge in [0.15, 0.2) is 0 Å². The van der Waals surface area contributed by atoms with E-state index >= 15 is 0 Å². The van der Waals surface area contributed by atoms with Crippen LogP contribution in [0.1, 0.15) is 25.0 Å². The number of esters is 1. The Kier molecular flexibility index (Phi) is 3.91. The Hall–Kier alpha value is -1.20. The average molecular weight is 267 g/mol. The first-order chi connectivity index (χ1) is 8.26. The molecule has 90 valence electrons. The number of hydrogen-bond donors (Lipinski definition) is 0. The van der Waals surface area contributed by atoms with Gasteiger partial charge in [0.2, 0.25) is 0 Å². The second kappa shape index (κ2) is 5.42. The number of carbonyl (C=O) groups is 1. The van der Waals surface area contributed by atoms with Crippen molar-refractivity contribution in [2.24, 2.45) is 0 Å². The monoisotopic (exact) mass is 267 g/mol. The van der Waals surface area contributed by atoms with Gasteiger partial charge in [0, 0.05) is 5.38 Å². The van der Waals surface area contributed by atoms with Crippen LogP contribution in [0.4, 0.5) is 0 Å². The number of carbonyl (C=O) groups excluding carboxylic acids is 1. The summed E-state index contributed by atoms with van der Waals surface area (Å²) in [6, 6.07) is 4.03. The largest absolute Gasteiger partial charge is 0.469 e. The SMILES string of the molecule is CCC(C(=O)OC)c1csc(-c2cccs2)n1. The Morgan fingerprint density at radius 3 is 2.94 bits per heavy atom. The molecule has 0 amide bonds. The van der Waals surface area contributed by atoms with Crippen molar-refractivity contribution in [2.75, 3.05) is 7.11 Å². The highest BCUT2D eigenvalue weighted by Crippen LogP contribution is 2.31. The van der Waals surface area contributed by atoms with Crippen molar-refractivity contribution in [1.29, 1.82) is 0 Å². The summed E-state index contributed by atoms with van der Waals surface area (Å²) in [6.45, 7) is 1.96. The Bertz CT molecular complexity index is 490. The summed E-state index contributed by atoms with van der Waals surface area (Å²) < 4.78 is 4.79. The molecule has 17 heavy (non-hydrogen) atoms. The molecular weight excluding hydrogens is 254 g/mol. The molecule has 0 aliphatic heterocycles. The molecule has 1 unspecified atom stereocenters. The number of thiophene rings is 1. The molecule has 2 heterocycles. The first-order valence-corrected chi connectivity index (χ1v) is 7.09. The molecule has 0 fully saturated rings. The van der Waals surface area contributed by atoms with Gasteiger partial charge in [-0.25, -0.2) is 4.98 Å². The van der Waals surface area contributed by atoms with Crippen molar-refractivity contribution in [3.8, 4) is 9.88 Å². The van der Waals surface area contributed by atoms with Crippen LogP contribution in [0, 0.1) is 0 Å². The fourth-order valence-corrected chi connectivity index (χ4v) is 3.29. The van der Waals surface area contributed by atoms with Crippen molar-refractivity contribution < 1.29 is 9.53 Å². The van der Waals surface area contributed by atoms with Gasteiger partial charge < -0.3 is 4.74 Å². The second-order valence-electron chi connectivity index (χ2n) is 3.54. The van der Waals surface area contributed by atoms with Crippen LogP contribution in [0.2, 0.25) is 0 Å². The van der Waals surface area contributed by atoms with Crippen molar-refractivity contribution in [3.05, 3.63) is 28.6 Å². The van der Waals surface area contributed by atoms with Crippen LogP contribution < -0.4 is 0 Å². The van der Waals surface area contributed by atoms with Gasteiger partial charge in [-0.05, 0) is 17.9 Å². The molecule has 3 nitrogen and oxygen atoms in total. The summed E-state index contributed by atoms with van der Waals surface area (Å²) in [4.78, 5) is 17.2. The second-order valence-corrected chi connectivity index (χ2v) is 5.34. The van der Waals surface area contributed by atoms with Crippen LogP contribution in [0.3, 0.4) is 0 Å². The van der Waals surface area contributed by atoms with E-state index in [2.05, 4.69) is 4.98 Å². The Labute approximate surface area is 108 Å². The van der Waals surface area contributed by atoms with E-state index in [-0.39, 0.29) is 11.9 Å². The highest BCUT2D eigenvalue weighted by molar-refractivity contribution is 7.20. The zero-order chi connectivity index (χ0) is 12.3. The van der Waals surface area contributed by atoms with Gasteiger partial charge in [0.05, 0.1) is 23.6 Å². The lowest BCUT2D eigenvalue weighted by Crippen LogP contribution is -2.13. The lowest BCUT2D eigenvalue weighted by atomic mass is 10.0. The third-order valence-corrected chi connectivity index (χ3v) is 4.40. The normalized spacial score (nSPS) is 12.4. The minimum Gasteiger partial charge on any atom is -0.469 e. The summed E-state index contributed by atoms with van der Waals surface area (Å²) in [7, 11) is 1.41. The van der Waals surface area contributed by atoms with Gasteiger partial charge >= 0.3 is 5.97 Å². The van der Waals surface area contributed by atoms with E-state index in [0.29, 0.717) is 6.42 Å². The summed E-state index contributed by atoms with van der Waals surface area (Å²) in [5.74, 6) is -0.458. The number of thiazole rings is 1.